The van der Waals surface area contributed by atoms with Crippen LogP contribution < -0.4 is 15.4 Å². The molecule has 5 nitrogen and oxygen atoms in total. The van der Waals surface area contributed by atoms with Gasteiger partial charge in [-0.2, -0.15) is 0 Å². The standard InChI is InChI=1S/C11H14N4OS/c1-15(7-10-13-14-11(12)17-10)8-4-3-5-9(6-8)16-2/h3-6H,7H2,1-2H3,(H2,12,14). The lowest BCUT2D eigenvalue weighted by atomic mass is 10.3. The van der Waals surface area contributed by atoms with Gasteiger partial charge in [-0.1, -0.05) is 17.4 Å². The Bertz CT molecular complexity index is 500. The zero-order valence-electron chi connectivity index (χ0n) is 9.75. The Balaban J connectivity index is 2.11. The normalized spacial score (nSPS) is 10.2. The Hall–Kier alpha value is -1.82. The topological polar surface area (TPSA) is 64.3 Å². The third kappa shape index (κ3) is 2.85. The van der Waals surface area contributed by atoms with Gasteiger partial charge in [0.2, 0.25) is 5.13 Å². The number of benzene rings is 1. The Morgan fingerprint density at radius 1 is 1.41 bits per heavy atom. The minimum Gasteiger partial charge on any atom is -0.497 e. The Morgan fingerprint density at radius 3 is 2.88 bits per heavy atom. The second-order valence-corrected chi connectivity index (χ2v) is 4.69. The molecule has 2 rings (SSSR count). The maximum atomic E-state index is 5.55. The highest BCUT2D eigenvalue weighted by Crippen LogP contribution is 2.22. The fraction of sp³-hybridized carbons (Fsp3) is 0.273. The Morgan fingerprint density at radius 2 is 2.24 bits per heavy atom. The number of hydrogen-bond donors (Lipinski definition) is 1. The first-order valence-corrected chi connectivity index (χ1v) is 5.93. The molecule has 0 aliphatic rings. The summed E-state index contributed by atoms with van der Waals surface area (Å²) in [5, 5.41) is 9.18. The summed E-state index contributed by atoms with van der Waals surface area (Å²) in [6.07, 6.45) is 0. The fourth-order valence-corrected chi connectivity index (χ4v) is 2.14. The highest BCUT2D eigenvalue weighted by atomic mass is 32.1. The summed E-state index contributed by atoms with van der Waals surface area (Å²) >= 11 is 1.40. The van der Waals surface area contributed by atoms with Gasteiger partial charge in [0.25, 0.3) is 0 Å². The van der Waals surface area contributed by atoms with Gasteiger partial charge in [-0.3, -0.25) is 0 Å². The molecule has 1 aromatic carbocycles. The highest BCUT2D eigenvalue weighted by Gasteiger charge is 2.07. The Labute approximate surface area is 104 Å². The average molecular weight is 250 g/mol. The largest absolute Gasteiger partial charge is 0.497 e. The van der Waals surface area contributed by atoms with Crippen molar-refractivity contribution in [2.75, 3.05) is 24.8 Å². The molecule has 0 fully saturated rings. The predicted molar refractivity (Wildman–Crippen MR) is 69.4 cm³/mol. The summed E-state index contributed by atoms with van der Waals surface area (Å²) in [6, 6.07) is 7.87. The van der Waals surface area contributed by atoms with E-state index in [9.17, 15) is 0 Å². The number of anilines is 2. The number of methoxy groups -OCH3 is 1. The van der Waals surface area contributed by atoms with Crippen LogP contribution in [0.5, 0.6) is 5.75 Å². The van der Waals surface area contributed by atoms with E-state index in [2.05, 4.69) is 15.1 Å². The second-order valence-electron chi connectivity index (χ2n) is 3.59. The molecule has 1 heterocycles. The lowest BCUT2D eigenvalue weighted by molar-refractivity contribution is 0.415. The third-order valence-electron chi connectivity index (χ3n) is 2.35. The van der Waals surface area contributed by atoms with Gasteiger partial charge in [0, 0.05) is 18.8 Å². The fourth-order valence-electron chi connectivity index (χ4n) is 1.47. The van der Waals surface area contributed by atoms with Crippen LogP contribution in [0.4, 0.5) is 10.8 Å². The molecule has 2 aromatic rings. The van der Waals surface area contributed by atoms with E-state index in [0.29, 0.717) is 11.7 Å². The number of nitrogens with zero attached hydrogens (tertiary/aromatic N) is 3. The van der Waals surface area contributed by atoms with E-state index in [1.54, 1.807) is 7.11 Å². The number of nitrogen functional groups attached to an aromatic ring is 1. The van der Waals surface area contributed by atoms with Crippen molar-refractivity contribution in [1.29, 1.82) is 0 Å². The maximum Gasteiger partial charge on any atom is 0.203 e. The number of nitrogens with two attached hydrogens (primary N) is 1. The van der Waals surface area contributed by atoms with Crippen LogP contribution in [0.2, 0.25) is 0 Å². The van der Waals surface area contributed by atoms with Crippen LogP contribution >= 0.6 is 11.3 Å². The molecule has 0 amide bonds. The zero-order valence-corrected chi connectivity index (χ0v) is 10.6. The summed E-state index contributed by atoms with van der Waals surface area (Å²) in [5.74, 6) is 0.839. The molecular weight excluding hydrogens is 236 g/mol. The minimum absolute atomic E-state index is 0.499. The van der Waals surface area contributed by atoms with E-state index in [1.165, 1.54) is 11.3 Å². The van der Waals surface area contributed by atoms with E-state index < -0.39 is 0 Å². The lowest BCUT2D eigenvalue weighted by Gasteiger charge is -2.18. The van der Waals surface area contributed by atoms with Gasteiger partial charge in [-0.25, -0.2) is 0 Å². The molecule has 0 aliphatic heterocycles. The monoisotopic (exact) mass is 250 g/mol. The maximum absolute atomic E-state index is 5.55. The molecule has 0 radical (unpaired) electrons. The van der Waals surface area contributed by atoms with Crippen molar-refractivity contribution in [3.05, 3.63) is 29.3 Å². The van der Waals surface area contributed by atoms with E-state index in [-0.39, 0.29) is 0 Å². The van der Waals surface area contributed by atoms with Crippen molar-refractivity contribution in [1.82, 2.24) is 10.2 Å². The van der Waals surface area contributed by atoms with Crippen LogP contribution in [0, 0.1) is 0 Å². The molecular formula is C11H14N4OS. The van der Waals surface area contributed by atoms with E-state index >= 15 is 0 Å². The van der Waals surface area contributed by atoms with Crippen molar-refractivity contribution in [3.8, 4) is 5.75 Å². The quantitative estimate of drug-likeness (QED) is 0.895. The van der Waals surface area contributed by atoms with Crippen LogP contribution in [-0.2, 0) is 6.54 Å². The number of aromatic nitrogens is 2. The third-order valence-corrected chi connectivity index (χ3v) is 3.09. The number of hydrogen-bond acceptors (Lipinski definition) is 6. The summed E-state index contributed by atoms with van der Waals surface area (Å²) in [4.78, 5) is 2.07. The van der Waals surface area contributed by atoms with E-state index in [0.717, 1.165) is 16.4 Å². The number of ether oxygens (including phenoxy) is 1. The SMILES string of the molecule is COc1cccc(N(C)Cc2nnc(N)s2)c1. The predicted octanol–water partition coefficient (Wildman–Crippen LogP) is 1.77. The minimum atomic E-state index is 0.499. The van der Waals surface area contributed by atoms with Gasteiger partial charge in [0.05, 0.1) is 13.7 Å². The zero-order chi connectivity index (χ0) is 12.3. The molecule has 6 heteroatoms. The van der Waals surface area contributed by atoms with Crippen molar-refractivity contribution >= 4 is 22.2 Å². The first-order chi connectivity index (χ1) is 8.19. The van der Waals surface area contributed by atoms with Gasteiger partial charge in [0.15, 0.2) is 0 Å². The molecule has 90 valence electrons. The Kier molecular flexibility index (Phi) is 3.43. The van der Waals surface area contributed by atoms with Crippen LogP contribution in [0.1, 0.15) is 5.01 Å². The smallest absolute Gasteiger partial charge is 0.203 e. The van der Waals surface area contributed by atoms with Crippen molar-refractivity contribution in [2.45, 2.75) is 6.54 Å². The van der Waals surface area contributed by atoms with Crippen molar-refractivity contribution < 1.29 is 4.74 Å². The van der Waals surface area contributed by atoms with Crippen molar-refractivity contribution in [2.24, 2.45) is 0 Å². The van der Waals surface area contributed by atoms with Gasteiger partial charge in [0.1, 0.15) is 10.8 Å². The summed E-state index contributed by atoms with van der Waals surface area (Å²) in [6.45, 7) is 0.683. The van der Waals surface area contributed by atoms with Crippen LogP contribution in [0.25, 0.3) is 0 Å². The van der Waals surface area contributed by atoms with Gasteiger partial charge >= 0.3 is 0 Å². The summed E-state index contributed by atoms with van der Waals surface area (Å²) in [5.41, 5.74) is 6.61. The lowest BCUT2D eigenvalue weighted by Crippen LogP contribution is -2.16. The molecule has 0 atom stereocenters. The van der Waals surface area contributed by atoms with E-state index in [1.807, 2.05) is 31.3 Å². The molecule has 2 N–H and O–H groups in total. The number of rotatable bonds is 4. The molecule has 0 spiro atoms. The molecule has 0 unspecified atom stereocenters. The molecule has 0 saturated heterocycles. The van der Waals surface area contributed by atoms with E-state index in [4.69, 9.17) is 10.5 Å². The highest BCUT2D eigenvalue weighted by molar-refractivity contribution is 7.15. The van der Waals surface area contributed by atoms with Crippen molar-refractivity contribution in [3.63, 3.8) is 0 Å². The molecule has 1 aromatic heterocycles. The first-order valence-electron chi connectivity index (χ1n) is 5.12. The van der Waals surface area contributed by atoms with Crippen LogP contribution in [0.15, 0.2) is 24.3 Å². The molecule has 0 saturated carbocycles. The molecule has 17 heavy (non-hydrogen) atoms. The first kappa shape index (κ1) is 11.7. The average Bonchev–Trinajstić information content (AvgIpc) is 2.75. The molecule has 0 aliphatic carbocycles. The summed E-state index contributed by atoms with van der Waals surface area (Å²) in [7, 11) is 3.65. The van der Waals surface area contributed by atoms with Gasteiger partial charge in [-0.05, 0) is 12.1 Å². The second kappa shape index (κ2) is 5.01. The van der Waals surface area contributed by atoms with Gasteiger partial charge in [-0.15, -0.1) is 10.2 Å². The van der Waals surface area contributed by atoms with Crippen LogP contribution in [0.3, 0.4) is 0 Å². The molecule has 0 bridgehead atoms. The van der Waals surface area contributed by atoms with Gasteiger partial charge < -0.3 is 15.4 Å². The van der Waals surface area contributed by atoms with Crippen LogP contribution in [-0.4, -0.2) is 24.4 Å². The summed E-state index contributed by atoms with van der Waals surface area (Å²) < 4.78 is 5.19.